The van der Waals surface area contributed by atoms with Gasteiger partial charge in [0.25, 0.3) is 0 Å². The Kier molecular flexibility index (Phi) is 14.7. The lowest BCUT2D eigenvalue weighted by molar-refractivity contribution is -0.170. The van der Waals surface area contributed by atoms with Crippen LogP contribution in [0.25, 0.3) is 0 Å². The molecule has 0 spiro atoms. The van der Waals surface area contributed by atoms with Crippen LogP contribution in [0.2, 0.25) is 0 Å². The summed E-state index contributed by atoms with van der Waals surface area (Å²) in [5.74, 6) is -3.80. The maximum absolute atomic E-state index is 13.6. The summed E-state index contributed by atoms with van der Waals surface area (Å²) in [5.41, 5.74) is 1.50. The van der Waals surface area contributed by atoms with E-state index < -0.39 is 35.5 Å². The zero-order chi connectivity index (χ0) is 31.7. The van der Waals surface area contributed by atoms with Crippen LogP contribution in [0.3, 0.4) is 0 Å². The average Bonchev–Trinajstić information content (AvgIpc) is 3.01. The van der Waals surface area contributed by atoms with Crippen molar-refractivity contribution >= 4 is 24.3 Å². The van der Waals surface area contributed by atoms with Gasteiger partial charge in [0.15, 0.2) is 0 Å². The predicted molar refractivity (Wildman–Crippen MR) is 165 cm³/mol. The minimum absolute atomic E-state index is 0.0257. The number of esters is 2. The quantitative estimate of drug-likeness (QED) is 0.123. The van der Waals surface area contributed by atoms with Gasteiger partial charge < -0.3 is 23.9 Å². The van der Waals surface area contributed by atoms with Crippen LogP contribution >= 0.6 is 0 Å². The van der Waals surface area contributed by atoms with Gasteiger partial charge in [-0.25, -0.2) is 4.79 Å². The average molecular weight is 590 g/mol. The first-order valence-corrected chi connectivity index (χ1v) is 14.5. The lowest BCUT2D eigenvalue weighted by Crippen LogP contribution is -2.44. The number of carbonyl (C=O) groups is 4. The molecular formula is C35H43NO7. The van der Waals surface area contributed by atoms with E-state index in [1.807, 2.05) is 105 Å². The maximum atomic E-state index is 13.6. The molecule has 2 atom stereocenters. The molecule has 1 amide bonds. The molecule has 0 aliphatic heterocycles. The summed E-state index contributed by atoms with van der Waals surface area (Å²) >= 11 is 0. The van der Waals surface area contributed by atoms with Crippen LogP contribution in [0.4, 0.5) is 4.79 Å². The fraction of sp³-hybridized carbons (Fsp3) is 0.371. The van der Waals surface area contributed by atoms with Crippen LogP contribution in [0, 0.1) is 11.8 Å². The van der Waals surface area contributed by atoms with Gasteiger partial charge in [0, 0.05) is 19.5 Å². The molecular weight excluding hydrogens is 546 g/mol. The standard InChI is InChI=1S/C33H37NO7.C2H6/c1-33(2,3)41-31(37)28(19-20-35)29(30(36)39-23-26-15-9-5-10-16-26)22-34(21-25-13-7-4-8-14-25)32(38)40-24-27-17-11-6-12-18-27;1-2/h4-18,20,28-29H,19,21-24H2,1-3H3;1-2H3/t28-,29?;/m0./s1. The molecule has 8 nitrogen and oxygen atoms in total. The van der Waals surface area contributed by atoms with Crippen LogP contribution < -0.4 is 0 Å². The van der Waals surface area contributed by atoms with Gasteiger partial charge >= 0.3 is 18.0 Å². The Hall–Kier alpha value is -4.46. The van der Waals surface area contributed by atoms with Crippen molar-refractivity contribution in [1.29, 1.82) is 0 Å². The van der Waals surface area contributed by atoms with Crippen LogP contribution in [0.15, 0.2) is 91.0 Å². The molecule has 3 rings (SSSR count). The Bertz CT molecular complexity index is 1260. The van der Waals surface area contributed by atoms with Crippen molar-refractivity contribution < 1.29 is 33.4 Å². The summed E-state index contributed by atoms with van der Waals surface area (Å²) in [4.78, 5) is 53.3. The first-order valence-electron chi connectivity index (χ1n) is 14.5. The van der Waals surface area contributed by atoms with Gasteiger partial charge in [-0.15, -0.1) is 0 Å². The molecule has 0 radical (unpaired) electrons. The monoisotopic (exact) mass is 589 g/mol. The van der Waals surface area contributed by atoms with Crippen LogP contribution in [-0.2, 0) is 48.4 Å². The second kappa shape index (κ2) is 18.2. The zero-order valence-electron chi connectivity index (χ0n) is 25.7. The highest BCUT2D eigenvalue weighted by molar-refractivity contribution is 5.84. The van der Waals surface area contributed by atoms with Gasteiger partial charge in [0.2, 0.25) is 0 Å². The van der Waals surface area contributed by atoms with Crippen molar-refractivity contribution in [1.82, 2.24) is 4.90 Å². The summed E-state index contributed by atoms with van der Waals surface area (Å²) < 4.78 is 16.8. The molecule has 3 aromatic rings. The minimum Gasteiger partial charge on any atom is -0.461 e. The van der Waals surface area contributed by atoms with Crippen molar-refractivity contribution in [2.24, 2.45) is 11.8 Å². The van der Waals surface area contributed by atoms with Gasteiger partial charge in [-0.2, -0.15) is 0 Å². The molecule has 1 unspecified atom stereocenters. The van der Waals surface area contributed by atoms with E-state index in [0.717, 1.165) is 16.7 Å². The molecule has 0 aromatic heterocycles. The number of aldehydes is 1. The number of nitrogens with zero attached hydrogens (tertiary/aromatic N) is 1. The van der Waals surface area contributed by atoms with Gasteiger partial charge in [-0.3, -0.25) is 9.59 Å². The Morgan fingerprint density at radius 1 is 0.698 bits per heavy atom. The van der Waals surface area contributed by atoms with Crippen molar-refractivity contribution in [3.63, 3.8) is 0 Å². The van der Waals surface area contributed by atoms with E-state index in [1.54, 1.807) is 20.8 Å². The molecule has 0 heterocycles. The predicted octanol–water partition coefficient (Wildman–Crippen LogP) is 6.76. The molecule has 0 saturated carbocycles. The number of ether oxygens (including phenoxy) is 3. The topological polar surface area (TPSA) is 99.2 Å². The smallest absolute Gasteiger partial charge is 0.410 e. The molecule has 230 valence electrons. The molecule has 0 fully saturated rings. The van der Waals surface area contributed by atoms with Crippen molar-refractivity contribution in [2.45, 2.75) is 66.4 Å². The molecule has 8 heteroatoms. The Balaban J connectivity index is 0.00000316. The van der Waals surface area contributed by atoms with E-state index in [-0.39, 0.29) is 32.7 Å². The van der Waals surface area contributed by atoms with Gasteiger partial charge in [-0.05, 0) is 37.5 Å². The highest BCUT2D eigenvalue weighted by Gasteiger charge is 2.39. The number of amides is 1. The lowest BCUT2D eigenvalue weighted by atomic mass is 9.88. The second-order valence-corrected chi connectivity index (χ2v) is 10.6. The van der Waals surface area contributed by atoms with Crippen molar-refractivity contribution in [2.75, 3.05) is 6.54 Å². The number of hydrogen-bond donors (Lipinski definition) is 0. The first-order chi connectivity index (χ1) is 20.7. The number of carbonyl (C=O) groups excluding carboxylic acids is 4. The van der Waals surface area contributed by atoms with Gasteiger partial charge in [-0.1, -0.05) is 105 Å². The molecule has 0 N–H and O–H groups in total. The summed E-state index contributed by atoms with van der Waals surface area (Å²) in [6.07, 6.45) is -0.382. The van der Waals surface area contributed by atoms with E-state index in [0.29, 0.717) is 6.29 Å². The van der Waals surface area contributed by atoms with Crippen molar-refractivity contribution in [3.05, 3.63) is 108 Å². The molecule has 0 aliphatic rings. The van der Waals surface area contributed by atoms with Gasteiger partial charge in [0.05, 0.1) is 11.8 Å². The zero-order valence-corrected chi connectivity index (χ0v) is 25.7. The Labute approximate surface area is 255 Å². The van der Waals surface area contributed by atoms with E-state index >= 15 is 0 Å². The van der Waals surface area contributed by atoms with E-state index in [1.165, 1.54) is 4.90 Å². The third kappa shape index (κ3) is 12.5. The molecule has 43 heavy (non-hydrogen) atoms. The highest BCUT2D eigenvalue weighted by atomic mass is 16.6. The van der Waals surface area contributed by atoms with Crippen molar-refractivity contribution in [3.8, 4) is 0 Å². The Morgan fingerprint density at radius 3 is 1.63 bits per heavy atom. The highest BCUT2D eigenvalue weighted by Crippen LogP contribution is 2.25. The van der Waals surface area contributed by atoms with Crippen LogP contribution in [0.1, 0.15) is 57.7 Å². The molecule has 0 saturated heterocycles. The largest absolute Gasteiger partial charge is 0.461 e. The second-order valence-electron chi connectivity index (χ2n) is 10.6. The fourth-order valence-corrected chi connectivity index (χ4v) is 4.16. The number of benzene rings is 3. The van der Waals surface area contributed by atoms with Crippen LogP contribution in [0.5, 0.6) is 0 Å². The van der Waals surface area contributed by atoms with Gasteiger partial charge in [0.1, 0.15) is 25.1 Å². The molecule has 0 bridgehead atoms. The molecule has 3 aromatic carbocycles. The first kappa shape index (κ1) is 34.7. The van der Waals surface area contributed by atoms with Crippen LogP contribution in [-0.4, -0.2) is 41.4 Å². The number of rotatable bonds is 13. The number of hydrogen-bond acceptors (Lipinski definition) is 7. The fourth-order valence-electron chi connectivity index (χ4n) is 4.16. The Morgan fingerprint density at radius 2 is 1.16 bits per heavy atom. The summed E-state index contributed by atoms with van der Waals surface area (Å²) in [5, 5.41) is 0. The maximum Gasteiger partial charge on any atom is 0.410 e. The van der Waals surface area contributed by atoms with E-state index in [9.17, 15) is 19.2 Å². The minimum atomic E-state index is -1.19. The summed E-state index contributed by atoms with van der Waals surface area (Å²) in [7, 11) is 0. The van der Waals surface area contributed by atoms with E-state index in [2.05, 4.69) is 0 Å². The molecule has 0 aliphatic carbocycles. The summed E-state index contributed by atoms with van der Waals surface area (Å²) in [6, 6.07) is 27.5. The third-order valence-electron chi connectivity index (χ3n) is 6.17. The SMILES string of the molecule is CC.CC(C)(C)OC(=O)[C@@H](CC=O)C(CN(Cc1ccccc1)C(=O)OCc1ccccc1)C(=O)OCc1ccccc1. The normalized spacial score (nSPS) is 12.0. The third-order valence-corrected chi connectivity index (χ3v) is 6.17. The van der Waals surface area contributed by atoms with E-state index in [4.69, 9.17) is 14.2 Å². The summed E-state index contributed by atoms with van der Waals surface area (Å²) in [6.45, 7) is 8.98. The lowest BCUT2D eigenvalue weighted by Gasteiger charge is -2.31.